The van der Waals surface area contributed by atoms with E-state index in [1.807, 2.05) is 26.0 Å². The highest BCUT2D eigenvalue weighted by Crippen LogP contribution is 2.18. The Labute approximate surface area is 76.8 Å². The lowest BCUT2D eigenvalue weighted by Gasteiger charge is -2.04. The molecule has 1 heterocycles. The van der Waals surface area contributed by atoms with Crippen molar-refractivity contribution in [3.63, 3.8) is 0 Å². The van der Waals surface area contributed by atoms with Gasteiger partial charge >= 0.3 is 0 Å². The van der Waals surface area contributed by atoms with Gasteiger partial charge in [-0.2, -0.15) is 0 Å². The lowest BCUT2D eigenvalue weighted by Crippen LogP contribution is -2.37. The highest BCUT2D eigenvalue weighted by molar-refractivity contribution is 5.77. The van der Waals surface area contributed by atoms with Crippen LogP contribution in [0.25, 0.3) is 0 Å². The summed E-state index contributed by atoms with van der Waals surface area (Å²) in [5.41, 5.74) is 7.65. The molecule has 1 aromatic heterocycles. The maximum absolute atomic E-state index is 5.39. The number of hydrogen-bond donors (Lipinski definition) is 3. The molecule has 1 atom stereocenters. The van der Waals surface area contributed by atoms with Crippen LogP contribution in [0.15, 0.2) is 21.5 Å². The molecular weight excluding hydrogens is 168 g/mol. The summed E-state index contributed by atoms with van der Waals surface area (Å²) in [5.74, 6) is 6.89. The smallest absolute Gasteiger partial charge is 0.203 e. The Bertz CT molecular complexity index is 305. The lowest BCUT2D eigenvalue weighted by molar-refractivity contribution is 0.458. The van der Waals surface area contributed by atoms with Crippen molar-refractivity contribution in [3.8, 4) is 0 Å². The molecule has 0 aliphatic rings. The molecule has 1 rings (SSSR count). The standard InChI is InChI=1S/C8H14N4O/c1-5-3-4-7(13-5)6(2)11-8(9)12-10/h3-4,6H,10H2,1-2H3,(H3,9,11,12). The number of nitrogens with two attached hydrogens (primary N) is 2. The van der Waals surface area contributed by atoms with Crippen LogP contribution in [0.4, 0.5) is 0 Å². The Kier molecular flexibility index (Phi) is 2.92. The fourth-order valence-electron chi connectivity index (χ4n) is 0.987. The summed E-state index contributed by atoms with van der Waals surface area (Å²) in [6, 6.07) is 3.63. The third-order valence-corrected chi connectivity index (χ3v) is 1.65. The Morgan fingerprint density at radius 3 is 2.77 bits per heavy atom. The molecule has 1 unspecified atom stereocenters. The van der Waals surface area contributed by atoms with Crippen LogP contribution in [0.2, 0.25) is 0 Å². The van der Waals surface area contributed by atoms with E-state index < -0.39 is 0 Å². The van der Waals surface area contributed by atoms with Gasteiger partial charge in [0.1, 0.15) is 17.6 Å². The SMILES string of the molecule is Cc1ccc(C(C)N=C(N)NN)o1. The molecule has 0 fully saturated rings. The van der Waals surface area contributed by atoms with Crippen LogP contribution >= 0.6 is 0 Å². The van der Waals surface area contributed by atoms with Gasteiger partial charge in [0.05, 0.1) is 0 Å². The molecule has 5 heteroatoms. The van der Waals surface area contributed by atoms with Crippen molar-refractivity contribution in [2.24, 2.45) is 16.6 Å². The Balaban J connectivity index is 2.74. The predicted octanol–water partition coefficient (Wildman–Crippen LogP) is 0.427. The van der Waals surface area contributed by atoms with E-state index in [9.17, 15) is 0 Å². The lowest BCUT2D eigenvalue weighted by atomic mass is 10.3. The van der Waals surface area contributed by atoms with Gasteiger partial charge in [-0.1, -0.05) is 0 Å². The molecule has 0 amide bonds. The zero-order valence-corrected chi connectivity index (χ0v) is 7.74. The summed E-state index contributed by atoms with van der Waals surface area (Å²) in [6.45, 7) is 3.76. The Morgan fingerprint density at radius 1 is 1.62 bits per heavy atom. The number of hydrogen-bond acceptors (Lipinski definition) is 3. The third-order valence-electron chi connectivity index (χ3n) is 1.65. The molecule has 72 valence electrons. The fraction of sp³-hybridized carbons (Fsp3) is 0.375. The van der Waals surface area contributed by atoms with Gasteiger partial charge in [-0.15, -0.1) is 0 Å². The van der Waals surface area contributed by atoms with Crippen molar-refractivity contribution in [2.45, 2.75) is 19.9 Å². The minimum atomic E-state index is -0.121. The van der Waals surface area contributed by atoms with Crippen LogP contribution in [0.5, 0.6) is 0 Å². The minimum absolute atomic E-state index is 0.121. The van der Waals surface area contributed by atoms with E-state index >= 15 is 0 Å². The second-order valence-corrected chi connectivity index (χ2v) is 2.78. The van der Waals surface area contributed by atoms with E-state index in [1.165, 1.54) is 0 Å². The van der Waals surface area contributed by atoms with Gasteiger partial charge in [0.15, 0.2) is 0 Å². The van der Waals surface area contributed by atoms with E-state index in [-0.39, 0.29) is 12.0 Å². The van der Waals surface area contributed by atoms with E-state index in [1.54, 1.807) is 0 Å². The summed E-state index contributed by atoms with van der Waals surface area (Å²) in [4.78, 5) is 4.04. The quantitative estimate of drug-likeness (QED) is 0.268. The van der Waals surface area contributed by atoms with Crippen molar-refractivity contribution in [1.82, 2.24) is 5.43 Å². The number of aliphatic imine (C=N–C) groups is 1. The highest BCUT2D eigenvalue weighted by Gasteiger charge is 2.07. The van der Waals surface area contributed by atoms with Crippen molar-refractivity contribution < 1.29 is 4.42 Å². The average molecular weight is 182 g/mol. The van der Waals surface area contributed by atoms with Gasteiger partial charge in [-0.05, 0) is 26.0 Å². The second-order valence-electron chi connectivity index (χ2n) is 2.78. The Hall–Kier alpha value is -1.49. The zero-order valence-electron chi connectivity index (χ0n) is 7.74. The number of hydrazine groups is 1. The highest BCUT2D eigenvalue weighted by atomic mass is 16.3. The first-order valence-electron chi connectivity index (χ1n) is 3.99. The molecule has 0 radical (unpaired) electrons. The topological polar surface area (TPSA) is 89.6 Å². The monoisotopic (exact) mass is 182 g/mol. The Morgan fingerprint density at radius 2 is 2.31 bits per heavy atom. The van der Waals surface area contributed by atoms with Crippen LogP contribution in [0, 0.1) is 6.92 Å². The van der Waals surface area contributed by atoms with Gasteiger partial charge in [0, 0.05) is 0 Å². The summed E-state index contributed by atoms with van der Waals surface area (Å²) >= 11 is 0. The molecular formula is C8H14N4O. The van der Waals surface area contributed by atoms with Gasteiger partial charge in [-0.3, -0.25) is 5.43 Å². The van der Waals surface area contributed by atoms with Crippen molar-refractivity contribution >= 4 is 5.96 Å². The van der Waals surface area contributed by atoms with Crippen molar-refractivity contribution in [2.75, 3.05) is 0 Å². The predicted molar refractivity (Wildman–Crippen MR) is 50.8 cm³/mol. The molecule has 0 aliphatic heterocycles. The zero-order chi connectivity index (χ0) is 9.84. The molecule has 0 bridgehead atoms. The van der Waals surface area contributed by atoms with Crippen molar-refractivity contribution in [1.29, 1.82) is 0 Å². The summed E-state index contributed by atoms with van der Waals surface area (Å²) < 4.78 is 5.36. The van der Waals surface area contributed by atoms with Crippen molar-refractivity contribution in [3.05, 3.63) is 23.7 Å². The van der Waals surface area contributed by atoms with E-state index in [0.29, 0.717) is 0 Å². The maximum atomic E-state index is 5.39. The number of guanidine groups is 1. The summed E-state index contributed by atoms with van der Waals surface area (Å²) in [6.07, 6.45) is 0. The molecule has 0 saturated carbocycles. The summed E-state index contributed by atoms with van der Waals surface area (Å²) in [7, 11) is 0. The second kappa shape index (κ2) is 3.95. The number of aryl methyl sites for hydroxylation is 1. The number of nitrogens with one attached hydrogen (secondary N) is 1. The largest absolute Gasteiger partial charge is 0.464 e. The average Bonchev–Trinajstić information content (AvgIpc) is 2.51. The molecule has 0 saturated heterocycles. The normalized spacial score (nSPS) is 14.2. The maximum Gasteiger partial charge on any atom is 0.203 e. The fourth-order valence-corrected chi connectivity index (χ4v) is 0.987. The number of nitrogens with zero attached hydrogens (tertiary/aromatic N) is 1. The van der Waals surface area contributed by atoms with E-state index in [0.717, 1.165) is 11.5 Å². The number of furan rings is 1. The molecule has 13 heavy (non-hydrogen) atoms. The minimum Gasteiger partial charge on any atom is -0.464 e. The van der Waals surface area contributed by atoms with Crippen LogP contribution in [-0.2, 0) is 0 Å². The van der Waals surface area contributed by atoms with Gasteiger partial charge in [0.25, 0.3) is 0 Å². The van der Waals surface area contributed by atoms with Gasteiger partial charge in [-0.25, -0.2) is 10.8 Å². The first-order chi connectivity index (χ1) is 6.13. The molecule has 0 spiro atoms. The van der Waals surface area contributed by atoms with Crippen LogP contribution < -0.4 is 17.0 Å². The van der Waals surface area contributed by atoms with Crippen LogP contribution in [0.1, 0.15) is 24.5 Å². The summed E-state index contributed by atoms with van der Waals surface area (Å²) in [5, 5.41) is 0. The van der Waals surface area contributed by atoms with Gasteiger partial charge in [0.2, 0.25) is 5.96 Å². The molecule has 5 nitrogen and oxygen atoms in total. The molecule has 1 aromatic rings. The molecule has 0 aliphatic carbocycles. The first-order valence-corrected chi connectivity index (χ1v) is 3.99. The molecule has 0 aromatic carbocycles. The number of rotatable bonds is 2. The molecule has 5 N–H and O–H groups in total. The van der Waals surface area contributed by atoms with E-state index in [4.69, 9.17) is 16.0 Å². The third kappa shape index (κ3) is 2.48. The van der Waals surface area contributed by atoms with Gasteiger partial charge < -0.3 is 10.2 Å². The first kappa shape index (κ1) is 9.60. The van der Waals surface area contributed by atoms with E-state index in [2.05, 4.69) is 10.4 Å². The van der Waals surface area contributed by atoms with Crippen LogP contribution in [-0.4, -0.2) is 5.96 Å². The van der Waals surface area contributed by atoms with Crippen LogP contribution in [0.3, 0.4) is 0 Å².